The molecule has 0 fully saturated rings. The number of esters is 1. The van der Waals surface area contributed by atoms with Gasteiger partial charge in [0, 0.05) is 10.7 Å². The lowest BCUT2D eigenvalue weighted by atomic mass is 9.87. The van der Waals surface area contributed by atoms with Crippen molar-refractivity contribution >= 4 is 29.2 Å². The fourth-order valence-corrected chi connectivity index (χ4v) is 2.29. The van der Waals surface area contributed by atoms with Gasteiger partial charge in [-0.15, -0.1) is 0 Å². The topological polar surface area (TPSA) is 55.4 Å². The zero-order chi connectivity index (χ0) is 18.6. The largest absolute Gasteiger partial charge is 0.449 e. The molecule has 0 heterocycles. The Morgan fingerprint density at radius 3 is 2.08 bits per heavy atom. The molecule has 0 saturated carbocycles. The highest BCUT2D eigenvalue weighted by molar-refractivity contribution is 6.30. The van der Waals surface area contributed by atoms with Gasteiger partial charge in [-0.2, -0.15) is 0 Å². The average Bonchev–Trinajstić information content (AvgIpc) is 2.56. The third-order valence-electron chi connectivity index (χ3n) is 3.75. The summed E-state index contributed by atoms with van der Waals surface area (Å²) in [5, 5.41) is 3.26. The summed E-state index contributed by atoms with van der Waals surface area (Å²) in [5.41, 5.74) is 2.14. The van der Waals surface area contributed by atoms with Gasteiger partial charge < -0.3 is 10.1 Å². The lowest BCUT2D eigenvalue weighted by molar-refractivity contribution is -0.123. The number of hydrogen-bond acceptors (Lipinski definition) is 3. The molecule has 1 amide bonds. The van der Waals surface area contributed by atoms with Crippen molar-refractivity contribution in [3.63, 3.8) is 0 Å². The van der Waals surface area contributed by atoms with E-state index in [1.807, 2.05) is 12.1 Å². The van der Waals surface area contributed by atoms with Crippen molar-refractivity contribution < 1.29 is 14.3 Å². The van der Waals surface area contributed by atoms with Gasteiger partial charge in [0.2, 0.25) is 0 Å². The minimum Gasteiger partial charge on any atom is -0.449 e. The van der Waals surface area contributed by atoms with Crippen molar-refractivity contribution in [1.29, 1.82) is 0 Å². The summed E-state index contributed by atoms with van der Waals surface area (Å²) in [7, 11) is 0. The van der Waals surface area contributed by atoms with E-state index >= 15 is 0 Å². The van der Waals surface area contributed by atoms with Gasteiger partial charge in [-0.05, 0) is 54.3 Å². The Labute approximate surface area is 153 Å². The second-order valence-corrected chi connectivity index (χ2v) is 7.31. The molecule has 0 aliphatic heterocycles. The second-order valence-electron chi connectivity index (χ2n) is 6.87. The minimum absolute atomic E-state index is 0.00813. The third-order valence-corrected chi connectivity index (χ3v) is 4.00. The van der Waals surface area contributed by atoms with Gasteiger partial charge >= 0.3 is 5.97 Å². The molecule has 0 unspecified atom stereocenters. The normalized spacial score (nSPS) is 12.4. The molecule has 1 atom stereocenters. The van der Waals surface area contributed by atoms with Crippen LogP contribution < -0.4 is 5.32 Å². The number of hydrogen-bond donors (Lipinski definition) is 1. The molecule has 2 rings (SSSR count). The maximum atomic E-state index is 12.2. The van der Waals surface area contributed by atoms with Crippen LogP contribution in [0.5, 0.6) is 0 Å². The number of anilines is 1. The first-order valence-corrected chi connectivity index (χ1v) is 8.42. The third kappa shape index (κ3) is 5.33. The van der Waals surface area contributed by atoms with Crippen LogP contribution in [0.1, 0.15) is 43.6 Å². The summed E-state index contributed by atoms with van der Waals surface area (Å²) in [5.74, 6) is -0.929. The van der Waals surface area contributed by atoms with Gasteiger partial charge in [0.1, 0.15) is 0 Å². The van der Waals surface area contributed by atoms with Crippen LogP contribution in [-0.4, -0.2) is 18.0 Å². The van der Waals surface area contributed by atoms with Gasteiger partial charge in [-0.1, -0.05) is 44.5 Å². The lowest BCUT2D eigenvalue weighted by Gasteiger charge is -2.19. The molecule has 0 aliphatic carbocycles. The summed E-state index contributed by atoms with van der Waals surface area (Å²) >= 11 is 5.80. The highest BCUT2D eigenvalue weighted by Gasteiger charge is 2.20. The van der Waals surface area contributed by atoms with E-state index in [2.05, 4.69) is 26.1 Å². The second kappa shape index (κ2) is 7.70. The summed E-state index contributed by atoms with van der Waals surface area (Å²) < 4.78 is 5.24. The zero-order valence-electron chi connectivity index (χ0n) is 14.8. The van der Waals surface area contributed by atoms with Crippen molar-refractivity contribution in [1.82, 2.24) is 0 Å². The Morgan fingerprint density at radius 2 is 1.56 bits per heavy atom. The van der Waals surface area contributed by atoms with Gasteiger partial charge in [0.05, 0.1) is 5.56 Å². The van der Waals surface area contributed by atoms with E-state index in [4.69, 9.17) is 16.3 Å². The zero-order valence-corrected chi connectivity index (χ0v) is 15.6. The number of benzene rings is 2. The Morgan fingerprint density at radius 1 is 1.00 bits per heavy atom. The van der Waals surface area contributed by atoms with E-state index < -0.39 is 18.0 Å². The molecule has 0 spiro atoms. The monoisotopic (exact) mass is 359 g/mol. The van der Waals surface area contributed by atoms with Gasteiger partial charge in [-0.3, -0.25) is 4.79 Å². The van der Waals surface area contributed by atoms with Crippen molar-refractivity contribution in [2.24, 2.45) is 0 Å². The summed E-state index contributed by atoms with van der Waals surface area (Å²) in [6.45, 7) is 7.84. The van der Waals surface area contributed by atoms with E-state index in [1.54, 1.807) is 36.4 Å². The maximum absolute atomic E-state index is 12.2. The first kappa shape index (κ1) is 19.0. The Balaban J connectivity index is 1.97. The Hall–Kier alpha value is -2.33. The number of rotatable bonds is 4. The number of halogens is 1. The van der Waals surface area contributed by atoms with E-state index in [9.17, 15) is 9.59 Å². The summed E-state index contributed by atoms with van der Waals surface area (Å²) in [4.78, 5) is 24.3. The van der Waals surface area contributed by atoms with Crippen LogP contribution in [0.3, 0.4) is 0 Å². The highest BCUT2D eigenvalue weighted by Crippen LogP contribution is 2.22. The fraction of sp³-hybridized carbons (Fsp3) is 0.300. The van der Waals surface area contributed by atoms with Crippen LogP contribution in [0.15, 0.2) is 48.5 Å². The van der Waals surface area contributed by atoms with Crippen molar-refractivity contribution in [2.45, 2.75) is 39.2 Å². The van der Waals surface area contributed by atoms with E-state index in [0.717, 1.165) is 5.56 Å². The van der Waals surface area contributed by atoms with Crippen molar-refractivity contribution in [3.8, 4) is 0 Å². The number of carbonyl (C=O) groups is 2. The van der Waals surface area contributed by atoms with E-state index in [0.29, 0.717) is 16.3 Å². The quantitative estimate of drug-likeness (QED) is 0.796. The summed E-state index contributed by atoms with van der Waals surface area (Å²) in [6, 6.07) is 13.9. The first-order valence-electron chi connectivity index (χ1n) is 8.05. The van der Waals surface area contributed by atoms with Crippen LogP contribution in [0.4, 0.5) is 5.69 Å². The molecule has 0 radical (unpaired) electrons. The molecule has 0 aromatic heterocycles. The van der Waals surface area contributed by atoms with Crippen molar-refractivity contribution in [3.05, 3.63) is 64.7 Å². The van der Waals surface area contributed by atoms with Crippen LogP contribution in [0, 0.1) is 0 Å². The van der Waals surface area contributed by atoms with Crippen LogP contribution in [-0.2, 0) is 14.9 Å². The van der Waals surface area contributed by atoms with E-state index in [-0.39, 0.29) is 5.41 Å². The molecule has 2 aromatic rings. The van der Waals surface area contributed by atoms with Crippen molar-refractivity contribution in [2.75, 3.05) is 5.32 Å². The number of nitrogens with one attached hydrogen (secondary N) is 1. The number of amides is 1. The van der Waals surface area contributed by atoms with Crippen LogP contribution in [0.25, 0.3) is 0 Å². The van der Waals surface area contributed by atoms with Crippen LogP contribution in [0.2, 0.25) is 5.02 Å². The Kier molecular flexibility index (Phi) is 5.85. The van der Waals surface area contributed by atoms with Gasteiger partial charge in [0.25, 0.3) is 5.91 Å². The van der Waals surface area contributed by atoms with Crippen LogP contribution >= 0.6 is 11.6 Å². The molecule has 132 valence electrons. The van der Waals surface area contributed by atoms with Gasteiger partial charge in [-0.25, -0.2) is 4.79 Å². The molecule has 1 N–H and O–H groups in total. The maximum Gasteiger partial charge on any atom is 0.338 e. The molecule has 0 saturated heterocycles. The smallest absolute Gasteiger partial charge is 0.338 e. The molecule has 0 aliphatic rings. The number of ether oxygens (including phenoxy) is 1. The average molecular weight is 360 g/mol. The van der Waals surface area contributed by atoms with Gasteiger partial charge in [0.15, 0.2) is 6.10 Å². The molecule has 25 heavy (non-hydrogen) atoms. The first-order chi connectivity index (χ1) is 11.7. The Bertz CT molecular complexity index is 746. The minimum atomic E-state index is -0.912. The molecule has 2 aromatic carbocycles. The van der Waals surface area contributed by atoms with E-state index in [1.165, 1.54) is 6.92 Å². The molecular weight excluding hydrogens is 338 g/mol. The molecular formula is C20H22ClNO3. The SMILES string of the molecule is C[C@H](OC(=O)c1ccc(C(C)(C)C)cc1)C(=O)Nc1ccc(Cl)cc1. The lowest BCUT2D eigenvalue weighted by Crippen LogP contribution is -2.30. The predicted molar refractivity (Wildman–Crippen MR) is 100 cm³/mol. The standard InChI is InChI=1S/C20H22ClNO3/c1-13(18(23)22-17-11-9-16(21)10-12-17)25-19(24)14-5-7-15(8-6-14)20(2,3)4/h5-13H,1-4H3,(H,22,23)/t13-/m0/s1. The molecule has 5 heteroatoms. The molecule has 0 bridgehead atoms. The molecule has 4 nitrogen and oxygen atoms in total. The number of carbonyl (C=O) groups excluding carboxylic acids is 2. The highest BCUT2D eigenvalue weighted by atomic mass is 35.5. The predicted octanol–water partition coefficient (Wildman–Crippen LogP) is 4.82. The summed E-state index contributed by atoms with van der Waals surface area (Å²) in [6.07, 6.45) is -0.912. The fourth-order valence-electron chi connectivity index (χ4n) is 2.17.